The molecule has 0 bridgehead atoms. The normalized spacial score (nSPS) is 18.5. The molecule has 1 N–H and O–H groups in total. The first-order chi connectivity index (χ1) is 16.2. The highest BCUT2D eigenvalue weighted by Gasteiger charge is 2.33. The van der Waals surface area contributed by atoms with E-state index in [0.29, 0.717) is 12.3 Å². The van der Waals surface area contributed by atoms with Crippen molar-refractivity contribution >= 4 is 17.6 Å². The number of anilines is 2. The van der Waals surface area contributed by atoms with Gasteiger partial charge in [-0.25, -0.2) is 15.0 Å². The van der Waals surface area contributed by atoms with Crippen molar-refractivity contribution in [3.05, 3.63) is 59.9 Å². The summed E-state index contributed by atoms with van der Waals surface area (Å²) < 4.78 is 45.9. The number of benzene rings is 1. The number of rotatable bonds is 6. The Kier molecular flexibility index (Phi) is 6.85. The summed E-state index contributed by atoms with van der Waals surface area (Å²) in [4.78, 5) is 24.0. The fourth-order valence-electron chi connectivity index (χ4n) is 4.27. The summed E-state index contributed by atoms with van der Waals surface area (Å²) in [6.45, 7) is 4.11. The number of alkyl halides is 3. The monoisotopic (exact) mass is 473 g/mol. The highest BCUT2D eigenvalue weighted by molar-refractivity contribution is 5.72. The summed E-state index contributed by atoms with van der Waals surface area (Å²) in [7, 11) is 0. The number of hydrogen-bond donors (Lipinski definition) is 1. The van der Waals surface area contributed by atoms with E-state index in [1.54, 1.807) is 12.4 Å². The Morgan fingerprint density at radius 2 is 1.94 bits per heavy atom. The van der Waals surface area contributed by atoms with Crippen molar-refractivity contribution in [3.8, 4) is 5.69 Å². The van der Waals surface area contributed by atoms with Crippen LogP contribution >= 0.6 is 0 Å². The largest absolute Gasteiger partial charge is 0.466 e. The zero-order valence-corrected chi connectivity index (χ0v) is 19.0. The van der Waals surface area contributed by atoms with E-state index in [4.69, 9.17) is 4.74 Å². The molecule has 180 valence electrons. The summed E-state index contributed by atoms with van der Waals surface area (Å²) in [6.07, 6.45) is 3.54. The zero-order valence-electron chi connectivity index (χ0n) is 19.0. The minimum absolute atomic E-state index is 0.0400. The first-order valence-corrected chi connectivity index (χ1v) is 11.2. The van der Waals surface area contributed by atoms with Crippen LogP contribution in [0.2, 0.25) is 0 Å². The van der Waals surface area contributed by atoms with Gasteiger partial charge in [0, 0.05) is 29.7 Å². The number of nitrogens with zero attached hydrogens (tertiary/aromatic N) is 4. The maximum Gasteiger partial charge on any atom is 0.433 e. The number of halogens is 3. The lowest BCUT2D eigenvalue weighted by Gasteiger charge is -2.26. The molecule has 7 nitrogen and oxygen atoms in total. The molecule has 1 fully saturated rings. The first-order valence-electron chi connectivity index (χ1n) is 11.2. The van der Waals surface area contributed by atoms with E-state index in [1.165, 1.54) is 0 Å². The van der Waals surface area contributed by atoms with Crippen LogP contribution in [0, 0.1) is 12.8 Å². The van der Waals surface area contributed by atoms with Crippen molar-refractivity contribution in [1.29, 1.82) is 0 Å². The topological polar surface area (TPSA) is 81.9 Å². The lowest BCUT2D eigenvalue weighted by atomic mass is 9.81. The highest BCUT2D eigenvalue weighted by Crippen LogP contribution is 2.36. The molecule has 0 radical (unpaired) electrons. The summed E-state index contributed by atoms with van der Waals surface area (Å²) in [5, 5.41) is 2.86. The molecule has 1 aliphatic rings. The van der Waals surface area contributed by atoms with Gasteiger partial charge in [-0.2, -0.15) is 13.2 Å². The maximum atomic E-state index is 13.0. The van der Waals surface area contributed by atoms with Gasteiger partial charge in [-0.15, -0.1) is 0 Å². The van der Waals surface area contributed by atoms with E-state index in [1.807, 2.05) is 36.7 Å². The first kappa shape index (κ1) is 23.7. The lowest BCUT2D eigenvalue weighted by molar-refractivity contribution is -0.149. The number of carbonyl (C=O) groups excluding carboxylic acids is 1. The van der Waals surface area contributed by atoms with E-state index in [0.717, 1.165) is 54.9 Å². The zero-order chi connectivity index (χ0) is 24.3. The van der Waals surface area contributed by atoms with Crippen molar-refractivity contribution in [2.75, 3.05) is 11.9 Å². The SMILES string of the molecule is CCOC(=O)C1CCC(c2cn(-c3cc(C)cc(Nc4nccc(C(F)(F)F)n4)c3)cn2)CC1. The Labute approximate surface area is 195 Å². The van der Waals surface area contributed by atoms with Crippen LogP contribution in [-0.2, 0) is 15.7 Å². The standard InChI is InChI=1S/C24H26F3N5O2/c1-3-34-22(33)17-6-4-16(5-7-17)20-13-32(14-29-20)19-11-15(2)10-18(12-19)30-23-28-9-8-21(31-23)24(25,26)27/h8-14,16-17H,3-7H2,1-2H3,(H,28,30,31). The predicted molar refractivity (Wildman–Crippen MR) is 120 cm³/mol. The van der Waals surface area contributed by atoms with Gasteiger partial charge in [-0.1, -0.05) is 0 Å². The number of imidazole rings is 1. The molecular formula is C24H26F3N5O2. The summed E-state index contributed by atoms with van der Waals surface area (Å²) >= 11 is 0. The van der Waals surface area contributed by atoms with Crippen molar-refractivity contribution < 1.29 is 22.7 Å². The molecule has 1 saturated carbocycles. The molecule has 2 aromatic heterocycles. The van der Waals surface area contributed by atoms with Crippen molar-refractivity contribution in [2.45, 2.75) is 51.6 Å². The number of esters is 1. The van der Waals surface area contributed by atoms with Crippen molar-refractivity contribution in [1.82, 2.24) is 19.5 Å². The van der Waals surface area contributed by atoms with Crippen molar-refractivity contribution in [3.63, 3.8) is 0 Å². The number of aromatic nitrogens is 4. The Morgan fingerprint density at radius 3 is 2.65 bits per heavy atom. The van der Waals surface area contributed by atoms with Gasteiger partial charge >= 0.3 is 12.1 Å². The van der Waals surface area contributed by atoms with Gasteiger partial charge in [0.2, 0.25) is 5.95 Å². The van der Waals surface area contributed by atoms with Crippen LogP contribution in [0.15, 0.2) is 43.0 Å². The van der Waals surface area contributed by atoms with E-state index >= 15 is 0 Å². The number of carbonyl (C=O) groups is 1. The summed E-state index contributed by atoms with van der Waals surface area (Å²) in [6, 6.07) is 6.41. The van der Waals surface area contributed by atoms with Crippen LogP contribution in [0.3, 0.4) is 0 Å². The molecule has 3 aromatic rings. The summed E-state index contributed by atoms with van der Waals surface area (Å²) in [5.41, 5.74) is 2.25. The second-order valence-electron chi connectivity index (χ2n) is 8.45. The van der Waals surface area contributed by atoms with E-state index in [2.05, 4.69) is 20.3 Å². The Morgan fingerprint density at radius 1 is 1.18 bits per heavy atom. The quantitative estimate of drug-likeness (QED) is 0.472. The van der Waals surface area contributed by atoms with Crippen LogP contribution in [0.5, 0.6) is 0 Å². The second kappa shape index (κ2) is 9.82. The number of ether oxygens (including phenoxy) is 1. The number of hydrogen-bond acceptors (Lipinski definition) is 6. The minimum Gasteiger partial charge on any atom is -0.466 e. The Balaban J connectivity index is 1.48. The van der Waals surface area contributed by atoms with Gasteiger partial charge in [0.1, 0.15) is 5.69 Å². The molecule has 0 spiro atoms. The molecule has 2 heterocycles. The van der Waals surface area contributed by atoms with Crippen LogP contribution in [0.4, 0.5) is 24.8 Å². The van der Waals surface area contributed by atoms with Gasteiger partial charge in [0.15, 0.2) is 0 Å². The van der Waals surface area contributed by atoms with Crippen LogP contribution < -0.4 is 5.32 Å². The average Bonchev–Trinajstić information content (AvgIpc) is 3.29. The third kappa shape index (κ3) is 5.55. The molecule has 1 aliphatic carbocycles. The van der Waals surface area contributed by atoms with Gasteiger partial charge in [-0.05, 0) is 69.4 Å². The maximum absolute atomic E-state index is 13.0. The van der Waals surface area contributed by atoms with Crippen molar-refractivity contribution in [2.24, 2.45) is 5.92 Å². The Bertz CT molecular complexity index is 1150. The molecule has 0 amide bonds. The number of aryl methyl sites for hydroxylation is 1. The van der Waals surface area contributed by atoms with Gasteiger partial charge in [0.05, 0.1) is 24.5 Å². The smallest absolute Gasteiger partial charge is 0.433 e. The van der Waals surface area contributed by atoms with Gasteiger partial charge in [0.25, 0.3) is 0 Å². The third-order valence-electron chi connectivity index (χ3n) is 5.93. The number of nitrogens with one attached hydrogen (secondary N) is 1. The predicted octanol–water partition coefficient (Wildman–Crippen LogP) is 5.57. The fraction of sp³-hybridized carbons (Fsp3) is 0.417. The summed E-state index contributed by atoms with van der Waals surface area (Å²) in [5.74, 6) is -0.0123. The van der Waals surface area contributed by atoms with E-state index < -0.39 is 11.9 Å². The highest BCUT2D eigenvalue weighted by atomic mass is 19.4. The van der Waals surface area contributed by atoms with E-state index in [-0.39, 0.29) is 23.8 Å². The fourth-order valence-corrected chi connectivity index (χ4v) is 4.27. The minimum atomic E-state index is -4.54. The molecule has 0 unspecified atom stereocenters. The van der Waals surface area contributed by atoms with E-state index in [9.17, 15) is 18.0 Å². The van der Waals surface area contributed by atoms with Crippen LogP contribution in [-0.4, -0.2) is 32.1 Å². The molecule has 4 rings (SSSR count). The molecule has 0 saturated heterocycles. The third-order valence-corrected chi connectivity index (χ3v) is 5.93. The van der Waals surface area contributed by atoms with Crippen LogP contribution in [0.25, 0.3) is 5.69 Å². The molecule has 0 atom stereocenters. The van der Waals surface area contributed by atoms with Gasteiger partial charge in [-0.3, -0.25) is 4.79 Å². The molecule has 34 heavy (non-hydrogen) atoms. The molecule has 0 aliphatic heterocycles. The Hall–Kier alpha value is -3.43. The lowest BCUT2D eigenvalue weighted by Crippen LogP contribution is -2.23. The molecular weight excluding hydrogens is 447 g/mol. The molecule has 1 aromatic carbocycles. The average molecular weight is 473 g/mol. The van der Waals surface area contributed by atoms with Gasteiger partial charge < -0.3 is 14.6 Å². The second-order valence-corrected chi connectivity index (χ2v) is 8.45. The van der Waals surface area contributed by atoms with Crippen LogP contribution in [0.1, 0.15) is 55.5 Å². The molecule has 10 heteroatoms.